The molecule has 120 valence electrons. The van der Waals surface area contributed by atoms with E-state index >= 15 is 0 Å². The van der Waals surface area contributed by atoms with Crippen molar-refractivity contribution in [1.29, 1.82) is 0 Å². The normalized spacial score (nSPS) is 32.4. The molecular formula is C16H21NO4S. The number of aryl methyl sites for hydroxylation is 1. The van der Waals surface area contributed by atoms with Crippen LogP contribution in [-0.2, 0) is 14.8 Å². The number of carbonyl (C=O) groups is 1. The molecule has 0 unspecified atom stereocenters. The molecule has 6 heteroatoms. The van der Waals surface area contributed by atoms with Crippen molar-refractivity contribution in [3.05, 3.63) is 29.8 Å². The highest BCUT2D eigenvalue weighted by molar-refractivity contribution is 7.89. The second-order valence-corrected chi connectivity index (χ2v) is 8.32. The van der Waals surface area contributed by atoms with Crippen molar-refractivity contribution in [1.82, 2.24) is 4.31 Å². The molecule has 5 nitrogen and oxygen atoms in total. The van der Waals surface area contributed by atoms with Gasteiger partial charge in [-0.3, -0.25) is 4.79 Å². The lowest BCUT2D eigenvalue weighted by atomic mass is 9.90. The number of fused-ring (bicyclic) bond motifs is 1. The lowest BCUT2D eigenvalue weighted by Gasteiger charge is -2.25. The average Bonchev–Trinajstić information content (AvgIpc) is 2.97. The smallest absolute Gasteiger partial charge is 0.243 e. The first-order chi connectivity index (χ1) is 10.4. The molecule has 2 fully saturated rings. The van der Waals surface area contributed by atoms with Gasteiger partial charge in [0, 0.05) is 18.9 Å². The third kappa shape index (κ3) is 2.30. The topological polar surface area (TPSA) is 74.7 Å². The van der Waals surface area contributed by atoms with E-state index in [9.17, 15) is 18.3 Å². The highest BCUT2D eigenvalue weighted by atomic mass is 32.2. The van der Waals surface area contributed by atoms with E-state index in [0.29, 0.717) is 13.0 Å². The van der Waals surface area contributed by atoms with E-state index in [1.54, 1.807) is 24.3 Å². The molecule has 1 saturated heterocycles. The Labute approximate surface area is 131 Å². The van der Waals surface area contributed by atoms with Crippen LogP contribution in [0, 0.1) is 24.7 Å². The maximum Gasteiger partial charge on any atom is 0.243 e. The number of hydrogen-bond acceptors (Lipinski definition) is 4. The Hall–Kier alpha value is -1.24. The fraction of sp³-hybridized carbons (Fsp3) is 0.562. The summed E-state index contributed by atoms with van der Waals surface area (Å²) in [6.45, 7) is 3.84. The second-order valence-electron chi connectivity index (χ2n) is 6.42. The van der Waals surface area contributed by atoms with Gasteiger partial charge in [0.25, 0.3) is 0 Å². The highest BCUT2D eigenvalue weighted by Crippen LogP contribution is 2.45. The van der Waals surface area contributed by atoms with Crippen LogP contribution in [0.1, 0.15) is 18.9 Å². The Bertz CT molecular complexity index is 683. The zero-order valence-corrected chi connectivity index (χ0v) is 13.6. The Morgan fingerprint density at radius 3 is 2.45 bits per heavy atom. The van der Waals surface area contributed by atoms with Crippen LogP contribution in [-0.4, -0.2) is 42.8 Å². The van der Waals surface area contributed by atoms with Crippen LogP contribution in [0.2, 0.25) is 0 Å². The maximum absolute atomic E-state index is 12.9. The minimum absolute atomic E-state index is 0.0184. The van der Waals surface area contributed by atoms with Crippen LogP contribution in [0.15, 0.2) is 29.2 Å². The van der Waals surface area contributed by atoms with Gasteiger partial charge in [0.05, 0.1) is 17.5 Å². The van der Waals surface area contributed by atoms with Crippen molar-refractivity contribution >= 4 is 15.8 Å². The van der Waals surface area contributed by atoms with Crippen LogP contribution in [0.25, 0.3) is 0 Å². The molecule has 0 amide bonds. The van der Waals surface area contributed by atoms with Crippen LogP contribution < -0.4 is 0 Å². The summed E-state index contributed by atoms with van der Waals surface area (Å²) in [5, 5.41) is 9.69. The predicted octanol–water partition coefficient (Wildman–Crippen LogP) is 1.20. The summed E-state index contributed by atoms with van der Waals surface area (Å²) in [7, 11) is -3.64. The molecular weight excluding hydrogens is 302 g/mol. The van der Waals surface area contributed by atoms with Gasteiger partial charge in [-0.05, 0) is 30.9 Å². The molecule has 22 heavy (non-hydrogen) atoms. The summed E-state index contributed by atoms with van der Waals surface area (Å²) in [6, 6.07) is 6.24. The first-order valence-corrected chi connectivity index (χ1v) is 9.02. The van der Waals surface area contributed by atoms with E-state index in [4.69, 9.17) is 0 Å². The molecule has 1 N–H and O–H groups in total. The Morgan fingerprint density at radius 1 is 1.23 bits per heavy atom. The van der Waals surface area contributed by atoms with Crippen LogP contribution >= 0.6 is 0 Å². The number of aliphatic hydroxyl groups is 1. The van der Waals surface area contributed by atoms with Gasteiger partial charge in [-0.1, -0.05) is 24.6 Å². The summed E-state index contributed by atoms with van der Waals surface area (Å²) in [5.41, 5.74) is 0.996. The summed E-state index contributed by atoms with van der Waals surface area (Å²) in [4.78, 5) is 12.1. The van der Waals surface area contributed by atoms with E-state index in [1.165, 1.54) is 4.31 Å². The van der Waals surface area contributed by atoms with Gasteiger partial charge in [-0.15, -0.1) is 0 Å². The fourth-order valence-electron chi connectivity index (χ4n) is 3.80. The third-order valence-corrected chi connectivity index (χ3v) is 7.11. The molecule has 3 rings (SSSR count). The fourth-order valence-corrected chi connectivity index (χ4v) is 5.50. The lowest BCUT2D eigenvalue weighted by Crippen LogP contribution is -2.40. The summed E-state index contributed by atoms with van der Waals surface area (Å²) >= 11 is 0. The Morgan fingerprint density at radius 2 is 1.86 bits per heavy atom. The molecule has 1 heterocycles. The van der Waals surface area contributed by atoms with Crippen molar-refractivity contribution in [3.8, 4) is 0 Å². The van der Waals surface area contributed by atoms with E-state index in [1.807, 2.05) is 13.8 Å². The number of sulfonamides is 1. The zero-order chi connectivity index (χ0) is 16.1. The molecule has 4 atom stereocenters. The maximum atomic E-state index is 12.9. The van der Waals surface area contributed by atoms with Gasteiger partial charge in [0.15, 0.2) is 0 Å². The number of carbonyl (C=O) groups excluding carboxylic acids is 1. The Balaban J connectivity index is 1.94. The summed E-state index contributed by atoms with van der Waals surface area (Å²) < 4.78 is 27.1. The van der Waals surface area contributed by atoms with Gasteiger partial charge in [-0.2, -0.15) is 4.31 Å². The number of ketones is 1. The standard InChI is InChI=1S/C16H21NO4S/c1-10-3-5-12(6-4-10)22(20,21)17-8-14-11(2)16(19)7-13(14)15(17)9-18/h3-6,11,13-15,18H,7-9H2,1-2H3/t11-,13-,14+,15+/m0/s1. The molecule has 2 aliphatic rings. The van der Waals surface area contributed by atoms with E-state index in [2.05, 4.69) is 0 Å². The summed E-state index contributed by atoms with van der Waals surface area (Å²) in [5.74, 6) is 0.00991. The van der Waals surface area contributed by atoms with E-state index in [-0.39, 0.29) is 35.0 Å². The number of rotatable bonds is 3. The van der Waals surface area contributed by atoms with E-state index < -0.39 is 16.1 Å². The highest BCUT2D eigenvalue weighted by Gasteiger charge is 2.53. The molecule has 1 aromatic carbocycles. The minimum atomic E-state index is -3.64. The largest absolute Gasteiger partial charge is 0.395 e. The van der Waals surface area contributed by atoms with Crippen molar-refractivity contribution in [2.45, 2.75) is 31.2 Å². The van der Waals surface area contributed by atoms with Gasteiger partial charge in [0.1, 0.15) is 5.78 Å². The number of benzene rings is 1. The van der Waals surface area contributed by atoms with Crippen molar-refractivity contribution in [2.75, 3.05) is 13.2 Å². The molecule has 1 aliphatic carbocycles. The second kappa shape index (κ2) is 5.44. The molecule has 0 bridgehead atoms. The Kier molecular flexibility index (Phi) is 3.87. The number of aliphatic hydroxyl groups excluding tert-OH is 1. The first-order valence-electron chi connectivity index (χ1n) is 7.58. The molecule has 1 aromatic rings. The molecule has 1 aliphatic heterocycles. The quantitative estimate of drug-likeness (QED) is 0.907. The predicted molar refractivity (Wildman–Crippen MR) is 81.7 cm³/mol. The van der Waals surface area contributed by atoms with Gasteiger partial charge in [-0.25, -0.2) is 8.42 Å². The van der Waals surface area contributed by atoms with Crippen LogP contribution in [0.5, 0.6) is 0 Å². The molecule has 0 spiro atoms. The first kappa shape index (κ1) is 15.6. The third-order valence-electron chi connectivity index (χ3n) is 5.21. The van der Waals surface area contributed by atoms with Crippen LogP contribution in [0.4, 0.5) is 0 Å². The summed E-state index contributed by atoms with van der Waals surface area (Å²) in [6.07, 6.45) is 0.372. The molecule has 0 aromatic heterocycles. The number of nitrogens with zero attached hydrogens (tertiary/aromatic N) is 1. The lowest BCUT2D eigenvalue weighted by molar-refractivity contribution is -0.121. The van der Waals surface area contributed by atoms with Gasteiger partial charge >= 0.3 is 0 Å². The molecule has 0 radical (unpaired) electrons. The molecule has 1 saturated carbocycles. The zero-order valence-electron chi connectivity index (χ0n) is 12.8. The monoisotopic (exact) mass is 323 g/mol. The number of Topliss-reactive ketones (excluding diaryl/α,β-unsaturated/α-hetero) is 1. The average molecular weight is 323 g/mol. The van der Waals surface area contributed by atoms with Crippen LogP contribution in [0.3, 0.4) is 0 Å². The van der Waals surface area contributed by atoms with Crippen molar-refractivity contribution in [3.63, 3.8) is 0 Å². The van der Waals surface area contributed by atoms with Gasteiger partial charge < -0.3 is 5.11 Å². The van der Waals surface area contributed by atoms with Gasteiger partial charge in [0.2, 0.25) is 10.0 Å². The van der Waals surface area contributed by atoms with Crippen molar-refractivity contribution in [2.24, 2.45) is 17.8 Å². The SMILES string of the molecule is Cc1ccc(S(=O)(=O)N2C[C@H]3[C@H](CC(=O)[C@H]3C)[C@H]2CO)cc1. The van der Waals surface area contributed by atoms with E-state index in [0.717, 1.165) is 5.56 Å². The minimum Gasteiger partial charge on any atom is -0.395 e. The van der Waals surface area contributed by atoms with Crippen molar-refractivity contribution < 1.29 is 18.3 Å². The number of hydrogen-bond donors (Lipinski definition) is 1.